The number of rotatable bonds is 9. The van der Waals surface area contributed by atoms with Crippen molar-refractivity contribution in [1.29, 1.82) is 0 Å². The molecule has 1 aliphatic heterocycles. The molecule has 0 aromatic heterocycles. The van der Waals surface area contributed by atoms with Gasteiger partial charge >= 0.3 is 18.0 Å². The zero-order valence-electron chi connectivity index (χ0n) is 21.1. The van der Waals surface area contributed by atoms with Crippen LogP contribution in [0.3, 0.4) is 0 Å². The fourth-order valence-electron chi connectivity index (χ4n) is 3.71. The summed E-state index contributed by atoms with van der Waals surface area (Å²) >= 11 is 0. The first-order chi connectivity index (χ1) is 16.8. The maximum atomic E-state index is 13.7. The van der Waals surface area contributed by atoms with Gasteiger partial charge in [-0.2, -0.15) is 0 Å². The van der Waals surface area contributed by atoms with E-state index in [4.69, 9.17) is 14.6 Å². The summed E-state index contributed by atoms with van der Waals surface area (Å²) in [6.45, 7) is 4.40. The van der Waals surface area contributed by atoms with E-state index in [9.17, 15) is 24.0 Å². The Hall–Kier alpha value is -3.83. The highest BCUT2D eigenvalue weighted by Crippen LogP contribution is 2.20. The molecule has 0 spiro atoms. The summed E-state index contributed by atoms with van der Waals surface area (Å²) in [6, 6.07) is 4.47. The van der Waals surface area contributed by atoms with Gasteiger partial charge in [0, 0.05) is 19.5 Å². The van der Waals surface area contributed by atoms with E-state index in [1.165, 1.54) is 12.0 Å². The third kappa shape index (κ3) is 8.14. The summed E-state index contributed by atoms with van der Waals surface area (Å²) in [5.74, 6) is -2.66. The first-order valence-corrected chi connectivity index (χ1v) is 11.3. The Labute approximate surface area is 209 Å². The maximum absolute atomic E-state index is 13.7. The van der Waals surface area contributed by atoms with E-state index in [-0.39, 0.29) is 19.5 Å². The van der Waals surface area contributed by atoms with Crippen LogP contribution in [0.15, 0.2) is 24.3 Å². The number of esters is 1. The molecule has 1 aliphatic rings. The Morgan fingerprint density at radius 2 is 1.75 bits per heavy atom. The van der Waals surface area contributed by atoms with Gasteiger partial charge in [0.25, 0.3) is 0 Å². The summed E-state index contributed by atoms with van der Waals surface area (Å²) in [4.78, 5) is 64.7. The monoisotopic (exact) mass is 507 g/mol. The molecule has 1 saturated heterocycles. The third-order valence-electron chi connectivity index (χ3n) is 5.37. The molecule has 12 heteroatoms. The number of ether oxygens (including phenoxy) is 3. The standard InChI is InChI=1S/C24H33N3O9/c1-24(2,3)36-23(33)25-17(12-15-6-8-16(34-4)9-7-15)21(31)27-11-10-26(14-19(28)29)22(32)18(27)13-20(30)35-5/h6-9,17-18H,10-14H2,1-5H3,(H,25,33)(H,28,29)/t17-,18-/m0/s1. The zero-order valence-corrected chi connectivity index (χ0v) is 21.1. The zero-order chi connectivity index (χ0) is 27.0. The van der Waals surface area contributed by atoms with Crippen LogP contribution in [-0.4, -0.2) is 96.3 Å². The van der Waals surface area contributed by atoms with Crippen molar-refractivity contribution < 1.29 is 43.3 Å². The number of amides is 3. The average Bonchev–Trinajstić information content (AvgIpc) is 2.79. The number of nitrogens with one attached hydrogen (secondary N) is 1. The van der Waals surface area contributed by atoms with Gasteiger partial charge < -0.3 is 34.4 Å². The van der Waals surface area contributed by atoms with Crippen LogP contribution < -0.4 is 10.1 Å². The molecule has 0 radical (unpaired) electrons. The van der Waals surface area contributed by atoms with Gasteiger partial charge in [-0.05, 0) is 38.5 Å². The van der Waals surface area contributed by atoms with E-state index in [2.05, 4.69) is 10.1 Å². The predicted molar refractivity (Wildman–Crippen MR) is 126 cm³/mol. The number of benzene rings is 1. The Kier molecular flexibility index (Phi) is 9.65. The molecule has 0 aliphatic carbocycles. The van der Waals surface area contributed by atoms with E-state index < -0.39 is 60.5 Å². The lowest BCUT2D eigenvalue weighted by atomic mass is 10.0. The van der Waals surface area contributed by atoms with Crippen LogP contribution in [0.5, 0.6) is 5.75 Å². The molecule has 1 fully saturated rings. The van der Waals surface area contributed by atoms with Crippen LogP contribution >= 0.6 is 0 Å². The molecular weight excluding hydrogens is 474 g/mol. The highest BCUT2D eigenvalue weighted by molar-refractivity contribution is 5.95. The minimum Gasteiger partial charge on any atom is -0.497 e. The Morgan fingerprint density at radius 1 is 1.11 bits per heavy atom. The highest BCUT2D eigenvalue weighted by Gasteiger charge is 2.42. The van der Waals surface area contributed by atoms with Crippen LogP contribution in [0.4, 0.5) is 4.79 Å². The van der Waals surface area contributed by atoms with Gasteiger partial charge in [-0.25, -0.2) is 4.79 Å². The second-order valence-electron chi connectivity index (χ2n) is 9.23. The molecule has 2 rings (SSSR count). The second kappa shape index (κ2) is 12.2. The summed E-state index contributed by atoms with van der Waals surface area (Å²) in [5.41, 5.74) is -0.116. The number of carboxylic acid groups (broad SMARTS) is 1. The lowest BCUT2D eigenvalue weighted by Crippen LogP contribution is -2.63. The normalized spacial score (nSPS) is 16.7. The Morgan fingerprint density at radius 3 is 2.28 bits per heavy atom. The lowest BCUT2D eigenvalue weighted by molar-refractivity contribution is -0.159. The number of nitrogens with zero attached hydrogens (tertiary/aromatic N) is 2. The summed E-state index contributed by atoms with van der Waals surface area (Å²) in [7, 11) is 2.67. The topological polar surface area (TPSA) is 152 Å². The van der Waals surface area contributed by atoms with Gasteiger partial charge in [0.05, 0.1) is 20.6 Å². The van der Waals surface area contributed by atoms with E-state index in [0.29, 0.717) is 11.3 Å². The first kappa shape index (κ1) is 28.4. The minimum absolute atomic E-state index is 0.0331. The highest BCUT2D eigenvalue weighted by atomic mass is 16.6. The number of aliphatic carboxylic acids is 1. The van der Waals surface area contributed by atoms with Crippen LogP contribution in [-0.2, 0) is 35.1 Å². The molecule has 0 unspecified atom stereocenters. The van der Waals surface area contributed by atoms with Crippen molar-refractivity contribution in [2.24, 2.45) is 0 Å². The van der Waals surface area contributed by atoms with Crippen LogP contribution in [0.1, 0.15) is 32.8 Å². The quantitative estimate of drug-likeness (QED) is 0.463. The van der Waals surface area contributed by atoms with Crippen molar-refractivity contribution in [1.82, 2.24) is 15.1 Å². The minimum atomic E-state index is -1.28. The number of piperazine rings is 1. The maximum Gasteiger partial charge on any atom is 0.408 e. The van der Waals surface area contributed by atoms with E-state index in [1.54, 1.807) is 45.0 Å². The van der Waals surface area contributed by atoms with Gasteiger partial charge in [-0.15, -0.1) is 0 Å². The molecule has 1 aromatic carbocycles. The van der Waals surface area contributed by atoms with E-state index in [1.807, 2.05) is 0 Å². The third-order valence-corrected chi connectivity index (χ3v) is 5.37. The first-order valence-electron chi connectivity index (χ1n) is 11.3. The summed E-state index contributed by atoms with van der Waals surface area (Å²) in [6.07, 6.45) is -1.22. The molecule has 2 atom stereocenters. The molecule has 36 heavy (non-hydrogen) atoms. The average molecular weight is 508 g/mol. The molecule has 1 heterocycles. The largest absolute Gasteiger partial charge is 0.497 e. The predicted octanol–water partition coefficient (Wildman–Crippen LogP) is 0.818. The SMILES string of the molecule is COC(=O)C[C@H]1C(=O)N(CC(=O)O)CCN1C(=O)[C@H](Cc1ccc(OC)cc1)NC(=O)OC(C)(C)C. The number of methoxy groups -OCH3 is 2. The van der Waals surface area contributed by atoms with Crippen LogP contribution in [0, 0.1) is 0 Å². The number of alkyl carbamates (subject to hydrolysis) is 1. The van der Waals surface area contributed by atoms with Crippen LogP contribution in [0.25, 0.3) is 0 Å². The molecule has 0 bridgehead atoms. The number of hydrogen-bond acceptors (Lipinski definition) is 8. The number of carboxylic acids is 1. The summed E-state index contributed by atoms with van der Waals surface area (Å²) < 4.78 is 15.1. The molecule has 3 amide bonds. The Bertz CT molecular complexity index is 972. The molecular formula is C24H33N3O9. The van der Waals surface area contributed by atoms with Crippen molar-refractivity contribution in [2.75, 3.05) is 33.9 Å². The van der Waals surface area contributed by atoms with Crippen molar-refractivity contribution >= 4 is 29.8 Å². The van der Waals surface area contributed by atoms with Gasteiger partial charge in [0.1, 0.15) is 30.0 Å². The molecule has 0 saturated carbocycles. The van der Waals surface area contributed by atoms with Gasteiger partial charge in [-0.3, -0.25) is 19.2 Å². The van der Waals surface area contributed by atoms with Gasteiger partial charge in [0.2, 0.25) is 11.8 Å². The van der Waals surface area contributed by atoms with Gasteiger partial charge in [-0.1, -0.05) is 12.1 Å². The molecule has 1 aromatic rings. The smallest absolute Gasteiger partial charge is 0.408 e. The fourth-order valence-corrected chi connectivity index (χ4v) is 3.71. The molecule has 2 N–H and O–H groups in total. The van der Waals surface area contributed by atoms with E-state index >= 15 is 0 Å². The van der Waals surface area contributed by atoms with Crippen molar-refractivity contribution in [3.63, 3.8) is 0 Å². The van der Waals surface area contributed by atoms with Crippen LogP contribution in [0.2, 0.25) is 0 Å². The lowest BCUT2D eigenvalue weighted by Gasteiger charge is -2.41. The van der Waals surface area contributed by atoms with Crippen molar-refractivity contribution in [3.05, 3.63) is 29.8 Å². The van der Waals surface area contributed by atoms with Crippen molar-refractivity contribution in [2.45, 2.75) is 51.3 Å². The Balaban J connectivity index is 2.35. The summed E-state index contributed by atoms with van der Waals surface area (Å²) in [5, 5.41) is 11.7. The molecule has 198 valence electrons. The van der Waals surface area contributed by atoms with Crippen molar-refractivity contribution in [3.8, 4) is 5.75 Å². The molecule has 12 nitrogen and oxygen atoms in total. The van der Waals surface area contributed by atoms with Gasteiger partial charge in [0.15, 0.2) is 0 Å². The second-order valence-corrected chi connectivity index (χ2v) is 9.23. The fraction of sp³-hybridized carbons (Fsp3) is 0.542. The number of carbonyl (C=O) groups excluding carboxylic acids is 4. The number of carbonyl (C=O) groups is 5. The number of hydrogen-bond donors (Lipinski definition) is 2. The van der Waals surface area contributed by atoms with E-state index in [0.717, 1.165) is 12.0 Å².